The minimum atomic E-state index is -4.53. The summed E-state index contributed by atoms with van der Waals surface area (Å²) in [4.78, 5) is 23.0. The SMILES string of the molecule is CCOc1cc(C(=O)NC(C2CCCC2)C(F)(F)F)ccc1OCC(=O)O. The number of halogens is 3. The molecule has 0 spiro atoms. The first-order valence-electron chi connectivity index (χ1n) is 8.71. The van der Waals surface area contributed by atoms with Gasteiger partial charge in [0.05, 0.1) is 6.61 Å². The van der Waals surface area contributed by atoms with Gasteiger partial charge in [-0.15, -0.1) is 0 Å². The van der Waals surface area contributed by atoms with Gasteiger partial charge in [0.1, 0.15) is 6.04 Å². The number of amides is 1. The van der Waals surface area contributed by atoms with Crippen LogP contribution in [-0.4, -0.2) is 42.4 Å². The third-order valence-electron chi connectivity index (χ3n) is 4.37. The summed E-state index contributed by atoms with van der Waals surface area (Å²) in [6, 6.07) is 1.93. The molecule has 2 rings (SSSR count). The van der Waals surface area contributed by atoms with Gasteiger partial charge in [0.15, 0.2) is 18.1 Å². The number of benzene rings is 1. The van der Waals surface area contributed by atoms with Crippen molar-refractivity contribution in [3.63, 3.8) is 0 Å². The third-order valence-corrected chi connectivity index (χ3v) is 4.37. The average Bonchev–Trinajstić information content (AvgIpc) is 3.11. The molecule has 1 aromatic rings. The predicted molar refractivity (Wildman–Crippen MR) is 90.0 cm³/mol. The number of nitrogens with one attached hydrogen (secondary N) is 1. The van der Waals surface area contributed by atoms with E-state index in [1.165, 1.54) is 18.2 Å². The molecule has 9 heteroatoms. The Morgan fingerprint density at radius 3 is 2.44 bits per heavy atom. The van der Waals surface area contributed by atoms with Crippen molar-refractivity contribution in [1.29, 1.82) is 0 Å². The van der Waals surface area contributed by atoms with Crippen LogP contribution in [0.2, 0.25) is 0 Å². The first-order valence-corrected chi connectivity index (χ1v) is 8.71. The molecule has 1 atom stereocenters. The largest absolute Gasteiger partial charge is 0.490 e. The standard InChI is InChI=1S/C18H22F3NO5/c1-2-26-14-9-12(7-8-13(14)27-10-15(23)24)17(25)22-16(18(19,20)21)11-5-3-4-6-11/h7-9,11,16H,2-6,10H2,1H3,(H,22,25)(H,23,24). The summed E-state index contributed by atoms with van der Waals surface area (Å²) in [6.45, 7) is 1.28. The highest BCUT2D eigenvalue weighted by Gasteiger charge is 2.46. The van der Waals surface area contributed by atoms with Crippen molar-refractivity contribution in [2.45, 2.75) is 44.8 Å². The van der Waals surface area contributed by atoms with E-state index < -0.39 is 36.6 Å². The summed E-state index contributed by atoms with van der Waals surface area (Å²) in [7, 11) is 0. The van der Waals surface area contributed by atoms with E-state index >= 15 is 0 Å². The fourth-order valence-electron chi connectivity index (χ4n) is 3.16. The van der Waals surface area contributed by atoms with Crippen LogP contribution in [-0.2, 0) is 4.79 Å². The van der Waals surface area contributed by atoms with Gasteiger partial charge in [-0.3, -0.25) is 4.79 Å². The number of carboxylic acid groups (broad SMARTS) is 1. The lowest BCUT2D eigenvalue weighted by Crippen LogP contribution is -2.49. The Labute approximate surface area is 154 Å². The van der Waals surface area contributed by atoms with Crippen molar-refractivity contribution in [3.8, 4) is 11.5 Å². The van der Waals surface area contributed by atoms with Crippen LogP contribution < -0.4 is 14.8 Å². The Bertz CT molecular complexity index is 671. The molecule has 2 N–H and O–H groups in total. The minimum Gasteiger partial charge on any atom is -0.490 e. The number of alkyl halides is 3. The fraction of sp³-hybridized carbons (Fsp3) is 0.556. The number of hydrogen-bond acceptors (Lipinski definition) is 4. The molecule has 150 valence electrons. The van der Waals surface area contributed by atoms with Crippen molar-refractivity contribution in [1.82, 2.24) is 5.32 Å². The summed E-state index contributed by atoms with van der Waals surface area (Å²) in [6.07, 6.45) is -2.24. The van der Waals surface area contributed by atoms with Crippen LogP contribution in [0.5, 0.6) is 11.5 Å². The summed E-state index contributed by atoms with van der Waals surface area (Å²) in [5, 5.41) is 10.8. The Hall–Kier alpha value is -2.45. The molecule has 0 bridgehead atoms. The van der Waals surface area contributed by atoms with Crippen LogP contribution in [0, 0.1) is 5.92 Å². The van der Waals surface area contributed by atoms with Crippen molar-refractivity contribution in [2.75, 3.05) is 13.2 Å². The van der Waals surface area contributed by atoms with Crippen LogP contribution in [0.1, 0.15) is 43.0 Å². The van der Waals surface area contributed by atoms with Gasteiger partial charge in [0.25, 0.3) is 5.91 Å². The summed E-state index contributed by atoms with van der Waals surface area (Å²) in [5.74, 6) is -2.49. The molecule has 1 amide bonds. The third kappa shape index (κ3) is 5.77. The van der Waals surface area contributed by atoms with Gasteiger partial charge >= 0.3 is 12.1 Å². The van der Waals surface area contributed by atoms with Crippen molar-refractivity contribution in [3.05, 3.63) is 23.8 Å². The maximum atomic E-state index is 13.4. The van der Waals surface area contributed by atoms with Gasteiger partial charge in [-0.1, -0.05) is 12.8 Å². The minimum absolute atomic E-state index is 0.0200. The molecule has 1 aromatic carbocycles. The van der Waals surface area contributed by atoms with Gasteiger partial charge < -0.3 is 19.9 Å². The summed E-state index contributed by atoms with van der Waals surface area (Å²) >= 11 is 0. The molecule has 1 unspecified atom stereocenters. The van der Waals surface area contributed by atoms with Gasteiger partial charge in [0.2, 0.25) is 0 Å². The fourth-order valence-corrected chi connectivity index (χ4v) is 3.16. The number of carbonyl (C=O) groups excluding carboxylic acids is 1. The van der Waals surface area contributed by atoms with Crippen molar-refractivity contribution in [2.24, 2.45) is 5.92 Å². The second kappa shape index (κ2) is 8.96. The summed E-state index contributed by atoms with van der Waals surface area (Å²) < 4.78 is 50.5. The highest BCUT2D eigenvalue weighted by atomic mass is 19.4. The lowest BCUT2D eigenvalue weighted by Gasteiger charge is -2.27. The highest BCUT2D eigenvalue weighted by molar-refractivity contribution is 5.95. The van der Waals surface area contributed by atoms with Gasteiger partial charge in [0, 0.05) is 5.56 Å². The van der Waals surface area contributed by atoms with Crippen molar-refractivity contribution < 1.29 is 37.3 Å². The molecule has 0 radical (unpaired) electrons. The lowest BCUT2D eigenvalue weighted by molar-refractivity contribution is -0.164. The zero-order valence-corrected chi connectivity index (χ0v) is 14.8. The van der Waals surface area contributed by atoms with E-state index in [0.29, 0.717) is 12.8 Å². The number of ether oxygens (including phenoxy) is 2. The topological polar surface area (TPSA) is 84.9 Å². The number of rotatable bonds is 8. The van der Waals surface area contributed by atoms with Gasteiger partial charge in [-0.25, -0.2) is 4.79 Å². The van der Waals surface area contributed by atoms with E-state index in [4.69, 9.17) is 14.6 Å². The molecule has 1 saturated carbocycles. The molecule has 27 heavy (non-hydrogen) atoms. The van der Waals surface area contributed by atoms with E-state index in [-0.39, 0.29) is 23.7 Å². The number of carbonyl (C=O) groups is 2. The normalized spacial score (nSPS) is 16.0. The van der Waals surface area contributed by atoms with Crippen LogP contribution >= 0.6 is 0 Å². The van der Waals surface area contributed by atoms with Crippen LogP contribution in [0.3, 0.4) is 0 Å². The van der Waals surface area contributed by atoms with Crippen LogP contribution in [0.25, 0.3) is 0 Å². The van der Waals surface area contributed by atoms with E-state index in [1.54, 1.807) is 6.92 Å². The Balaban J connectivity index is 2.18. The molecule has 1 aliphatic carbocycles. The second-order valence-corrected chi connectivity index (χ2v) is 6.31. The molecule has 0 saturated heterocycles. The predicted octanol–water partition coefficient (Wildman–Crippen LogP) is 3.40. The van der Waals surface area contributed by atoms with Gasteiger partial charge in [-0.2, -0.15) is 13.2 Å². The van der Waals surface area contributed by atoms with Crippen molar-refractivity contribution >= 4 is 11.9 Å². The van der Waals surface area contributed by atoms with E-state index in [0.717, 1.165) is 12.8 Å². The smallest absolute Gasteiger partial charge is 0.408 e. The Morgan fingerprint density at radius 1 is 1.22 bits per heavy atom. The molecule has 0 heterocycles. The first-order chi connectivity index (χ1) is 12.7. The van der Waals surface area contributed by atoms with Gasteiger partial charge in [-0.05, 0) is 43.9 Å². The quantitative estimate of drug-likeness (QED) is 0.712. The first kappa shape index (κ1) is 20.9. The van der Waals surface area contributed by atoms with E-state index in [1.807, 2.05) is 0 Å². The number of carboxylic acids is 1. The lowest BCUT2D eigenvalue weighted by atomic mass is 9.97. The van der Waals surface area contributed by atoms with E-state index in [9.17, 15) is 22.8 Å². The number of hydrogen-bond donors (Lipinski definition) is 2. The molecule has 6 nitrogen and oxygen atoms in total. The monoisotopic (exact) mass is 389 g/mol. The van der Waals surface area contributed by atoms with Crippen LogP contribution in [0.4, 0.5) is 13.2 Å². The summed E-state index contributed by atoms with van der Waals surface area (Å²) in [5.41, 5.74) is -0.0200. The highest BCUT2D eigenvalue weighted by Crippen LogP contribution is 2.36. The molecular weight excluding hydrogens is 367 g/mol. The zero-order valence-electron chi connectivity index (χ0n) is 14.8. The van der Waals surface area contributed by atoms with E-state index in [2.05, 4.69) is 5.32 Å². The average molecular weight is 389 g/mol. The molecule has 0 aromatic heterocycles. The maximum Gasteiger partial charge on any atom is 0.408 e. The zero-order chi connectivity index (χ0) is 20.0. The number of aliphatic carboxylic acids is 1. The maximum absolute atomic E-state index is 13.4. The molecule has 0 aliphatic heterocycles. The Morgan fingerprint density at radius 2 is 1.89 bits per heavy atom. The molecule has 1 fully saturated rings. The van der Waals surface area contributed by atoms with Crippen LogP contribution in [0.15, 0.2) is 18.2 Å². The molecular formula is C18H22F3NO5. The second-order valence-electron chi connectivity index (χ2n) is 6.31. The molecule has 1 aliphatic rings. The Kier molecular flexibility index (Phi) is 6.92.